The molecule has 6 heteroatoms. The van der Waals surface area contributed by atoms with Crippen LogP contribution in [0.5, 0.6) is 0 Å². The SMILES string of the molecule is Cc1ccc(CNC(=O)N2Cc3c(C)nn(-c4ccccc4)c3-n3cccc3C2c2ccc(C(C)C)cc2)cc1. The smallest absolute Gasteiger partial charge is 0.318 e. The standard InChI is InChI=1S/C34H35N5O/c1-23(2)27-16-18-28(19-17-27)32-31-11-8-20-37(31)33-30(25(4)36-39(33)29-9-6-5-7-10-29)22-38(32)34(40)35-21-26-14-12-24(3)13-15-26/h5-20,23,32H,21-22H2,1-4H3,(H,35,40). The molecule has 6 nitrogen and oxygen atoms in total. The number of urea groups is 1. The van der Waals surface area contributed by atoms with Crippen molar-refractivity contribution >= 4 is 6.03 Å². The molecular weight excluding hydrogens is 494 g/mol. The summed E-state index contributed by atoms with van der Waals surface area (Å²) in [6, 6.07) is 31.0. The van der Waals surface area contributed by atoms with Crippen LogP contribution in [0, 0.1) is 13.8 Å². The summed E-state index contributed by atoms with van der Waals surface area (Å²) in [6.07, 6.45) is 2.08. The van der Waals surface area contributed by atoms with E-state index in [1.807, 2.05) is 34.7 Å². The van der Waals surface area contributed by atoms with Crippen LogP contribution < -0.4 is 5.32 Å². The normalized spacial score (nSPS) is 14.5. The van der Waals surface area contributed by atoms with Gasteiger partial charge in [-0.1, -0.05) is 86.1 Å². The number of nitrogens with one attached hydrogen (secondary N) is 1. The number of hydrogen-bond donors (Lipinski definition) is 1. The third-order valence-electron chi connectivity index (χ3n) is 7.83. The van der Waals surface area contributed by atoms with E-state index >= 15 is 0 Å². The lowest BCUT2D eigenvalue weighted by molar-refractivity contribution is 0.180. The lowest BCUT2D eigenvalue weighted by Gasteiger charge is -2.31. The molecule has 1 unspecified atom stereocenters. The molecule has 1 aliphatic rings. The van der Waals surface area contributed by atoms with Gasteiger partial charge >= 0.3 is 6.03 Å². The van der Waals surface area contributed by atoms with E-state index in [0.29, 0.717) is 19.0 Å². The van der Waals surface area contributed by atoms with Crippen LogP contribution in [0.15, 0.2) is 97.2 Å². The minimum atomic E-state index is -0.273. The van der Waals surface area contributed by atoms with Crippen molar-refractivity contribution in [1.29, 1.82) is 0 Å². The number of carbonyl (C=O) groups excluding carboxylic acids is 1. The Bertz CT molecular complexity index is 1630. The van der Waals surface area contributed by atoms with Crippen molar-refractivity contribution in [3.8, 4) is 11.5 Å². The highest BCUT2D eigenvalue weighted by molar-refractivity contribution is 5.76. The maximum absolute atomic E-state index is 14.1. The Hall–Kier alpha value is -4.58. The van der Waals surface area contributed by atoms with Crippen LogP contribution in [0.1, 0.15) is 65.0 Å². The van der Waals surface area contributed by atoms with Gasteiger partial charge in [-0.25, -0.2) is 9.48 Å². The zero-order valence-electron chi connectivity index (χ0n) is 23.5. The molecule has 0 bridgehead atoms. The highest BCUT2D eigenvalue weighted by Gasteiger charge is 2.36. The first-order valence-corrected chi connectivity index (χ1v) is 13.9. The van der Waals surface area contributed by atoms with E-state index in [4.69, 9.17) is 5.10 Å². The average Bonchev–Trinajstić information content (AvgIpc) is 3.53. The first kappa shape index (κ1) is 25.7. The van der Waals surface area contributed by atoms with Gasteiger partial charge in [0.15, 0.2) is 0 Å². The molecule has 1 aliphatic heterocycles. The minimum absolute atomic E-state index is 0.106. The van der Waals surface area contributed by atoms with Gasteiger partial charge in [-0.2, -0.15) is 5.10 Å². The summed E-state index contributed by atoms with van der Waals surface area (Å²) in [6.45, 7) is 9.40. The number of hydrogen-bond acceptors (Lipinski definition) is 2. The fraction of sp³-hybridized carbons (Fsp3) is 0.235. The summed E-state index contributed by atoms with van der Waals surface area (Å²) in [7, 11) is 0. The summed E-state index contributed by atoms with van der Waals surface area (Å²) >= 11 is 0. The summed E-state index contributed by atoms with van der Waals surface area (Å²) in [5.41, 5.74) is 8.59. The molecule has 0 aliphatic carbocycles. The number of aryl methyl sites for hydroxylation is 2. The second-order valence-corrected chi connectivity index (χ2v) is 10.9. The molecule has 40 heavy (non-hydrogen) atoms. The lowest BCUT2D eigenvalue weighted by Crippen LogP contribution is -2.41. The van der Waals surface area contributed by atoms with E-state index < -0.39 is 0 Å². The maximum atomic E-state index is 14.1. The molecule has 202 valence electrons. The first-order valence-electron chi connectivity index (χ1n) is 13.9. The van der Waals surface area contributed by atoms with Gasteiger partial charge in [-0.05, 0) is 60.7 Å². The van der Waals surface area contributed by atoms with Crippen molar-refractivity contribution in [2.24, 2.45) is 0 Å². The van der Waals surface area contributed by atoms with Crippen LogP contribution in [0.3, 0.4) is 0 Å². The highest BCUT2D eigenvalue weighted by Crippen LogP contribution is 2.38. The first-order chi connectivity index (χ1) is 19.4. The van der Waals surface area contributed by atoms with Crippen molar-refractivity contribution in [2.45, 2.75) is 52.7 Å². The number of carbonyl (C=O) groups is 1. The molecular formula is C34H35N5O. The van der Waals surface area contributed by atoms with E-state index in [1.54, 1.807) is 0 Å². The molecule has 0 spiro atoms. The number of amides is 2. The molecule has 0 radical (unpaired) electrons. The number of aromatic nitrogens is 3. The Kier molecular flexibility index (Phi) is 6.76. The molecule has 0 fully saturated rings. The number of para-hydroxylation sites is 1. The molecule has 1 atom stereocenters. The number of fused-ring (bicyclic) bond motifs is 3. The summed E-state index contributed by atoms with van der Waals surface area (Å²) in [4.78, 5) is 16.0. The zero-order chi connectivity index (χ0) is 27.8. The molecule has 3 aromatic carbocycles. The van der Waals surface area contributed by atoms with Crippen LogP contribution in [-0.4, -0.2) is 25.3 Å². The third kappa shape index (κ3) is 4.70. The molecule has 1 N–H and O–H groups in total. The van der Waals surface area contributed by atoms with Gasteiger partial charge in [-0.15, -0.1) is 0 Å². The van der Waals surface area contributed by atoms with Crippen LogP contribution in [0.2, 0.25) is 0 Å². The Morgan fingerprint density at radius 3 is 2.35 bits per heavy atom. The molecule has 2 aromatic heterocycles. The monoisotopic (exact) mass is 529 g/mol. The van der Waals surface area contributed by atoms with E-state index in [1.165, 1.54) is 11.1 Å². The van der Waals surface area contributed by atoms with Crippen LogP contribution in [0.25, 0.3) is 11.5 Å². The van der Waals surface area contributed by atoms with E-state index in [2.05, 4.69) is 110 Å². The second-order valence-electron chi connectivity index (χ2n) is 10.9. The second kappa shape index (κ2) is 10.5. The Balaban J connectivity index is 1.46. The zero-order valence-corrected chi connectivity index (χ0v) is 23.5. The minimum Gasteiger partial charge on any atom is -0.334 e. The topological polar surface area (TPSA) is 55.1 Å². The average molecular weight is 530 g/mol. The Morgan fingerprint density at radius 1 is 0.925 bits per heavy atom. The van der Waals surface area contributed by atoms with Crippen molar-refractivity contribution in [3.05, 3.63) is 136 Å². The van der Waals surface area contributed by atoms with E-state index in [-0.39, 0.29) is 12.1 Å². The van der Waals surface area contributed by atoms with Crippen molar-refractivity contribution in [3.63, 3.8) is 0 Å². The summed E-state index contributed by atoms with van der Waals surface area (Å²) in [5.74, 6) is 1.41. The highest BCUT2D eigenvalue weighted by atomic mass is 16.2. The van der Waals surface area contributed by atoms with E-state index in [0.717, 1.165) is 39.6 Å². The molecule has 0 saturated heterocycles. The van der Waals surface area contributed by atoms with Crippen LogP contribution >= 0.6 is 0 Å². The van der Waals surface area contributed by atoms with E-state index in [9.17, 15) is 4.79 Å². The van der Waals surface area contributed by atoms with Gasteiger partial charge in [0, 0.05) is 18.3 Å². The predicted molar refractivity (Wildman–Crippen MR) is 159 cm³/mol. The summed E-state index contributed by atoms with van der Waals surface area (Å²) in [5, 5.41) is 8.15. The quantitative estimate of drug-likeness (QED) is 0.261. The number of rotatable bonds is 5. The Labute approximate surface area is 235 Å². The largest absolute Gasteiger partial charge is 0.334 e. The van der Waals surface area contributed by atoms with Crippen molar-refractivity contribution < 1.29 is 4.79 Å². The predicted octanol–water partition coefficient (Wildman–Crippen LogP) is 7.22. The van der Waals surface area contributed by atoms with Gasteiger partial charge in [0.1, 0.15) is 5.82 Å². The number of benzene rings is 3. The van der Waals surface area contributed by atoms with Crippen molar-refractivity contribution in [1.82, 2.24) is 24.6 Å². The van der Waals surface area contributed by atoms with Gasteiger partial charge in [0.05, 0.1) is 29.7 Å². The molecule has 2 amide bonds. The van der Waals surface area contributed by atoms with Gasteiger partial charge in [0.25, 0.3) is 0 Å². The molecule has 6 rings (SSSR count). The van der Waals surface area contributed by atoms with Gasteiger partial charge in [-0.3, -0.25) is 0 Å². The third-order valence-corrected chi connectivity index (χ3v) is 7.83. The molecule has 5 aromatic rings. The lowest BCUT2D eigenvalue weighted by atomic mass is 9.97. The number of nitrogens with zero attached hydrogens (tertiary/aromatic N) is 4. The molecule has 0 saturated carbocycles. The maximum Gasteiger partial charge on any atom is 0.318 e. The van der Waals surface area contributed by atoms with Gasteiger partial charge < -0.3 is 14.8 Å². The summed E-state index contributed by atoms with van der Waals surface area (Å²) < 4.78 is 4.21. The fourth-order valence-corrected chi connectivity index (χ4v) is 5.55. The molecule has 3 heterocycles. The van der Waals surface area contributed by atoms with Gasteiger partial charge in [0.2, 0.25) is 0 Å². The van der Waals surface area contributed by atoms with Crippen LogP contribution in [-0.2, 0) is 13.1 Å². The van der Waals surface area contributed by atoms with Crippen molar-refractivity contribution in [2.75, 3.05) is 0 Å². The Morgan fingerprint density at radius 2 is 1.65 bits per heavy atom. The van der Waals surface area contributed by atoms with Crippen LogP contribution in [0.4, 0.5) is 4.79 Å². The fourth-order valence-electron chi connectivity index (χ4n) is 5.55.